The molecular weight excluding hydrogens is 332 g/mol. The molecule has 4 rings (SSSR count). The number of nitrogens with zero attached hydrogens (tertiary/aromatic N) is 2. The van der Waals surface area contributed by atoms with Gasteiger partial charge in [-0.05, 0) is 48.7 Å². The Kier molecular flexibility index (Phi) is 4.71. The molecule has 0 fully saturated rings. The number of nitrogens with one attached hydrogen (secondary N) is 2. The summed E-state index contributed by atoms with van der Waals surface area (Å²) in [6, 6.07) is 24.5. The van der Waals surface area contributed by atoms with Gasteiger partial charge >= 0.3 is 0 Å². The molecule has 2 N–H and O–H groups in total. The molecule has 27 heavy (non-hydrogen) atoms. The van der Waals surface area contributed by atoms with Gasteiger partial charge < -0.3 is 10.6 Å². The van der Waals surface area contributed by atoms with E-state index in [1.165, 1.54) is 5.56 Å². The van der Waals surface area contributed by atoms with Gasteiger partial charge in [0.2, 0.25) is 5.95 Å². The number of rotatable bonds is 5. The molecule has 3 aromatic carbocycles. The Morgan fingerprint density at radius 3 is 2.26 bits per heavy atom. The van der Waals surface area contributed by atoms with Crippen molar-refractivity contribution in [1.29, 1.82) is 0 Å². The summed E-state index contributed by atoms with van der Waals surface area (Å²) >= 11 is 0. The lowest BCUT2D eigenvalue weighted by Crippen LogP contribution is -2.04. The molecule has 0 aliphatic carbocycles. The second-order valence-corrected chi connectivity index (χ2v) is 6.49. The highest BCUT2D eigenvalue weighted by molar-refractivity contribution is 5.92. The molecule has 0 radical (unpaired) electrons. The van der Waals surface area contributed by atoms with Crippen LogP contribution in [0.15, 0.2) is 72.8 Å². The van der Waals surface area contributed by atoms with Crippen LogP contribution in [-0.4, -0.2) is 9.97 Å². The minimum absolute atomic E-state index is 0.583. The second kappa shape index (κ2) is 7.46. The number of fused-ring (bicyclic) bond motifs is 1. The fourth-order valence-corrected chi connectivity index (χ4v) is 3.14. The van der Waals surface area contributed by atoms with E-state index in [2.05, 4.69) is 48.7 Å². The van der Waals surface area contributed by atoms with Crippen LogP contribution >= 0.6 is 0 Å². The van der Waals surface area contributed by atoms with E-state index in [0.29, 0.717) is 5.95 Å². The fraction of sp³-hybridized carbons (Fsp3) is 0.130. The summed E-state index contributed by atoms with van der Waals surface area (Å²) in [5.74, 6) is 1.39. The molecule has 0 aliphatic rings. The number of hydrogen-bond donors (Lipinski definition) is 2. The van der Waals surface area contributed by atoms with Crippen molar-refractivity contribution in [3.8, 4) is 0 Å². The lowest BCUT2D eigenvalue weighted by molar-refractivity contribution is 1.13. The molecule has 0 saturated heterocycles. The summed E-state index contributed by atoms with van der Waals surface area (Å²) in [4.78, 5) is 9.47. The van der Waals surface area contributed by atoms with Crippen LogP contribution in [0.25, 0.3) is 10.9 Å². The molecule has 0 atom stereocenters. The molecule has 0 saturated carbocycles. The largest absolute Gasteiger partial charge is 0.339 e. The Hall–Kier alpha value is -3.40. The standard InChI is InChI=1S/C23H22N4/c1-3-17-11-5-8-14-20(17)24-22-18-12-6-9-15-21(18)26-23(27-22)25-19-13-7-4-10-16(19)2/h4-15H,3H2,1-2H3,(H2,24,25,26,27). The van der Waals surface area contributed by atoms with Gasteiger partial charge in [0, 0.05) is 16.8 Å². The summed E-state index contributed by atoms with van der Waals surface area (Å²) in [5.41, 5.74) is 5.40. The van der Waals surface area contributed by atoms with Gasteiger partial charge in [-0.2, -0.15) is 4.98 Å². The SMILES string of the molecule is CCc1ccccc1Nc1nc(Nc2ccccc2C)nc2ccccc12. The number of aryl methyl sites for hydroxylation is 2. The van der Waals surface area contributed by atoms with Crippen molar-refractivity contribution < 1.29 is 0 Å². The van der Waals surface area contributed by atoms with E-state index in [9.17, 15) is 0 Å². The van der Waals surface area contributed by atoms with Crippen LogP contribution in [0, 0.1) is 6.92 Å². The minimum atomic E-state index is 0.583. The third kappa shape index (κ3) is 3.60. The molecule has 0 bridgehead atoms. The van der Waals surface area contributed by atoms with Gasteiger partial charge in [0.15, 0.2) is 0 Å². The summed E-state index contributed by atoms with van der Waals surface area (Å²) < 4.78 is 0. The first kappa shape index (κ1) is 17.0. The zero-order chi connectivity index (χ0) is 18.6. The van der Waals surface area contributed by atoms with E-state index in [4.69, 9.17) is 9.97 Å². The maximum Gasteiger partial charge on any atom is 0.229 e. The quantitative estimate of drug-likeness (QED) is 0.462. The minimum Gasteiger partial charge on any atom is -0.339 e. The maximum atomic E-state index is 4.77. The van der Waals surface area contributed by atoms with Crippen LogP contribution in [-0.2, 0) is 6.42 Å². The van der Waals surface area contributed by atoms with Gasteiger partial charge in [0.05, 0.1) is 5.52 Å². The first-order chi connectivity index (χ1) is 13.2. The second-order valence-electron chi connectivity index (χ2n) is 6.49. The van der Waals surface area contributed by atoms with Gasteiger partial charge in [0.1, 0.15) is 5.82 Å². The van der Waals surface area contributed by atoms with E-state index < -0.39 is 0 Å². The van der Waals surface area contributed by atoms with Gasteiger partial charge in [-0.1, -0.05) is 55.5 Å². The van der Waals surface area contributed by atoms with Crippen LogP contribution in [0.2, 0.25) is 0 Å². The molecule has 4 heteroatoms. The Bertz CT molecular complexity index is 1090. The van der Waals surface area contributed by atoms with Crippen molar-refractivity contribution in [2.24, 2.45) is 0 Å². The molecule has 0 aliphatic heterocycles. The van der Waals surface area contributed by atoms with Crippen LogP contribution in [0.5, 0.6) is 0 Å². The monoisotopic (exact) mass is 354 g/mol. The van der Waals surface area contributed by atoms with Gasteiger partial charge in [-0.25, -0.2) is 4.98 Å². The topological polar surface area (TPSA) is 49.8 Å². The molecule has 4 nitrogen and oxygen atoms in total. The highest BCUT2D eigenvalue weighted by atomic mass is 15.1. The first-order valence-electron chi connectivity index (χ1n) is 9.19. The summed E-state index contributed by atoms with van der Waals surface area (Å²) in [6.45, 7) is 4.23. The van der Waals surface area contributed by atoms with Crippen molar-refractivity contribution in [2.75, 3.05) is 10.6 Å². The van der Waals surface area contributed by atoms with Crippen molar-refractivity contribution in [1.82, 2.24) is 9.97 Å². The molecule has 1 heterocycles. The van der Waals surface area contributed by atoms with Crippen molar-refractivity contribution in [2.45, 2.75) is 20.3 Å². The normalized spacial score (nSPS) is 10.7. The zero-order valence-corrected chi connectivity index (χ0v) is 15.5. The summed E-state index contributed by atoms with van der Waals surface area (Å²) in [7, 11) is 0. The predicted octanol–water partition coefficient (Wildman–Crippen LogP) is 5.99. The van der Waals surface area contributed by atoms with Gasteiger partial charge in [0.25, 0.3) is 0 Å². The van der Waals surface area contributed by atoms with Crippen LogP contribution in [0.3, 0.4) is 0 Å². The van der Waals surface area contributed by atoms with E-state index in [1.54, 1.807) is 0 Å². The number of aromatic nitrogens is 2. The van der Waals surface area contributed by atoms with Crippen molar-refractivity contribution in [3.63, 3.8) is 0 Å². The van der Waals surface area contributed by atoms with E-state index in [1.807, 2.05) is 48.5 Å². The number of hydrogen-bond acceptors (Lipinski definition) is 4. The summed E-state index contributed by atoms with van der Waals surface area (Å²) in [6.07, 6.45) is 0.959. The van der Waals surface area contributed by atoms with E-state index >= 15 is 0 Å². The zero-order valence-electron chi connectivity index (χ0n) is 15.5. The van der Waals surface area contributed by atoms with Crippen molar-refractivity contribution >= 4 is 34.0 Å². The lowest BCUT2D eigenvalue weighted by atomic mass is 10.1. The van der Waals surface area contributed by atoms with Gasteiger partial charge in [-0.15, -0.1) is 0 Å². The third-order valence-corrected chi connectivity index (χ3v) is 4.65. The van der Waals surface area contributed by atoms with E-state index in [0.717, 1.165) is 40.1 Å². The Labute approximate surface area is 159 Å². The Morgan fingerprint density at radius 1 is 0.741 bits per heavy atom. The predicted molar refractivity (Wildman–Crippen MR) is 113 cm³/mol. The average molecular weight is 354 g/mol. The van der Waals surface area contributed by atoms with Gasteiger partial charge in [-0.3, -0.25) is 0 Å². The van der Waals surface area contributed by atoms with Crippen LogP contribution in [0.4, 0.5) is 23.1 Å². The first-order valence-corrected chi connectivity index (χ1v) is 9.19. The molecular formula is C23H22N4. The molecule has 1 aromatic heterocycles. The fourth-order valence-electron chi connectivity index (χ4n) is 3.14. The molecule has 4 aromatic rings. The van der Waals surface area contributed by atoms with E-state index in [-0.39, 0.29) is 0 Å². The number of para-hydroxylation sites is 3. The Balaban J connectivity index is 1.78. The van der Waals surface area contributed by atoms with Crippen LogP contribution in [0.1, 0.15) is 18.1 Å². The highest BCUT2D eigenvalue weighted by Gasteiger charge is 2.10. The highest BCUT2D eigenvalue weighted by Crippen LogP contribution is 2.28. The number of benzene rings is 3. The molecule has 0 spiro atoms. The number of anilines is 4. The summed E-state index contributed by atoms with van der Waals surface area (Å²) in [5, 5.41) is 7.87. The third-order valence-electron chi connectivity index (χ3n) is 4.65. The maximum absolute atomic E-state index is 4.77. The Morgan fingerprint density at radius 2 is 1.44 bits per heavy atom. The molecule has 134 valence electrons. The van der Waals surface area contributed by atoms with Crippen LogP contribution < -0.4 is 10.6 Å². The lowest BCUT2D eigenvalue weighted by Gasteiger charge is -2.14. The van der Waals surface area contributed by atoms with Crippen molar-refractivity contribution in [3.05, 3.63) is 83.9 Å². The molecule has 0 unspecified atom stereocenters. The average Bonchev–Trinajstić information content (AvgIpc) is 2.70. The smallest absolute Gasteiger partial charge is 0.229 e. The molecule has 0 amide bonds.